The van der Waals surface area contributed by atoms with E-state index >= 15 is 0 Å². The minimum atomic E-state index is -0.333. The normalized spacial score (nSPS) is 8.65. The number of aryl methyl sites for hydroxylation is 1. The van der Waals surface area contributed by atoms with Gasteiger partial charge in [0.1, 0.15) is 0 Å². The fourth-order valence-electron chi connectivity index (χ4n) is 1.31. The molecule has 0 aliphatic rings. The molecule has 0 heterocycles. The van der Waals surface area contributed by atoms with Crippen molar-refractivity contribution in [3.63, 3.8) is 0 Å². The van der Waals surface area contributed by atoms with E-state index < -0.39 is 0 Å². The van der Waals surface area contributed by atoms with Crippen molar-refractivity contribution in [3.8, 4) is 11.5 Å². The summed E-state index contributed by atoms with van der Waals surface area (Å²) in [5.74, 6) is 0.411. The van der Waals surface area contributed by atoms with Crippen LogP contribution in [-0.2, 0) is 11.2 Å². The van der Waals surface area contributed by atoms with Crippen molar-refractivity contribution in [2.24, 2.45) is 5.73 Å². The number of hydrogen-bond donors (Lipinski definition) is 2. The highest BCUT2D eigenvalue weighted by Gasteiger charge is 1.99. The third-order valence-corrected chi connectivity index (χ3v) is 2.36. The van der Waals surface area contributed by atoms with Crippen molar-refractivity contribution in [1.82, 2.24) is 0 Å². The second kappa shape index (κ2) is 13.7. The number of ether oxygens (including phenoxy) is 1. The highest BCUT2D eigenvalue weighted by atomic mass is 16.5. The third kappa shape index (κ3) is 12.7. The van der Waals surface area contributed by atoms with E-state index in [1.807, 2.05) is 13.0 Å². The Bertz CT molecular complexity index is 359. The van der Waals surface area contributed by atoms with Crippen LogP contribution in [0.3, 0.4) is 0 Å². The fourth-order valence-corrected chi connectivity index (χ4v) is 1.31. The van der Waals surface area contributed by atoms with Gasteiger partial charge in [0.2, 0.25) is 5.91 Å². The summed E-state index contributed by atoms with van der Waals surface area (Å²) in [4.78, 5) is 9.22. The molecule has 0 radical (unpaired) electrons. The van der Waals surface area contributed by atoms with Gasteiger partial charge < -0.3 is 15.6 Å². The molecule has 0 aromatic heterocycles. The van der Waals surface area contributed by atoms with E-state index in [-0.39, 0.29) is 11.7 Å². The average molecular weight is 283 g/mol. The number of nitrogens with two attached hydrogens (primary N) is 1. The molecule has 1 aromatic rings. The summed E-state index contributed by atoms with van der Waals surface area (Å²) in [5, 5.41) is 9.30. The van der Waals surface area contributed by atoms with Gasteiger partial charge in [-0.2, -0.15) is 0 Å². The second-order valence-corrected chi connectivity index (χ2v) is 4.32. The molecule has 116 valence electrons. The zero-order valence-electron chi connectivity index (χ0n) is 13.4. The number of carbonyl (C=O) groups is 1. The van der Waals surface area contributed by atoms with Crippen LogP contribution in [-0.4, -0.2) is 18.1 Å². The average Bonchev–Trinajstić information content (AvgIpc) is 2.39. The Balaban J connectivity index is 0. The molecule has 1 aromatic carbocycles. The standard InChI is InChI=1S/C9H12O2.C5H12.C2H5NO/c1-3-7-4-5-9(11-2)8(10)6-7;1-3-5-4-2;1-2(3)4/h4-6,10H,3H2,1-2H3;3-5H2,1-2H3;1H3,(H2,3,4). The number of primary amides is 1. The fraction of sp³-hybridized carbons (Fsp3) is 0.562. The number of phenolic OH excluding ortho intramolecular Hbond substituents is 1. The van der Waals surface area contributed by atoms with Gasteiger partial charge in [-0.05, 0) is 24.1 Å². The van der Waals surface area contributed by atoms with Crippen LogP contribution in [0.5, 0.6) is 11.5 Å². The van der Waals surface area contributed by atoms with Gasteiger partial charge in [0.15, 0.2) is 11.5 Å². The molecule has 3 N–H and O–H groups in total. The highest BCUT2D eigenvalue weighted by Crippen LogP contribution is 2.26. The van der Waals surface area contributed by atoms with Crippen molar-refractivity contribution in [2.75, 3.05) is 7.11 Å². The highest BCUT2D eigenvalue weighted by molar-refractivity contribution is 5.70. The molecule has 0 bridgehead atoms. The number of amides is 1. The lowest BCUT2D eigenvalue weighted by molar-refractivity contribution is -0.115. The molecular formula is C16H29NO3. The molecule has 0 spiro atoms. The first-order valence-corrected chi connectivity index (χ1v) is 7.04. The van der Waals surface area contributed by atoms with Gasteiger partial charge >= 0.3 is 0 Å². The number of rotatable bonds is 4. The number of unbranched alkanes of at least 4 members (excludes halogenated alkanes) is 2. The van der Waals surface area contributed by atoms with Crippen molar-refractivity contribution in [3.05, 3.63) is 23.8 Å². The number of carbonyl (C=O) groups excluding carboxylic acids is 1. The van der Waals surface area contributed by atoms with Crippen molar-refractivity contribution in [1.29, 1.82) is 0 Å². The topological polar surface area (TPSA) is 72.6 Å². The summed E-state index contributed by atoms with van der Waals surface area (Å²) in [7, 11) is 1.54. The SMILES string of the molecule is CC(N)=O.CCCCC.CCc1ccc(OC)c(O)c1. The number of aromatic hydroxyl groups is 1. The van der Waals surface area contributed by atoms with Gasteiger partial charge in [-0.1, -0.05) is 46.1 Å². The third-order valence-electron chi connectivity index (χ3n) is 2.36. The van der Waals surface area contributed by atoms with E-state index in [1.54, 1.807) is 19.2 Å². The molecule has 0 saturated heterocycles. The van der Waals surface area contributed by atoms with Gasteiger partial charge in [-0.3, -0.25) is 4.79 Å². The van der Waals surface area contributed by atoms with Crippen molar-refractivity contribution >= 4 is 5.91 Å². The molecule has 0 saturated carbocycles. The first kappa shape index (κ1) is 20.6. The minimum absolute atomic E-state index is 0.215. The summed E-state index contributed by atoms with van der Waals surface area (Å²) in [6.45, 7) is 7.77. The Morgan fingerprint density at radius 2 is 1.75 bits per heavy atom. The molecule has 0 aliphatic carbocycles. The van der Waals surface area contributed by atoms with Gasteiger partial charge in [0, 0.05) is 6.92 Å². The minimum Gasteiger partial charge on any atom is -0.504 e. The van der Waals surface area contributed by atoms with Crippen LogP contribution in [0, 0.1) is 0 Å². The zero-order valence-corrected chi connectivity index (χ0v) is 13.4. The first-order valence-electron chi connectivity index (χ1n) is 7.04. The lowest BCUT2D eigenvalue weighted by atomic mass is 10.1. The second-order valence-electron chi connectivity index (χ2n) is 4.32. The van der Waals surface area contributed by atoms with E-state index in [1.165, 1.54) is 26.2 Å². The maximum Gasteiger partial charge on any atom is 0.214 e. The Hall–Kier alpha value is -1.71. The molecule has 0 unspecified atom stereocenters. The lowest BCUT2D eigenvalue weighted by Crippen LogP contribution is -2.01. The molecule has 0 fully saturated rings. The monoisotopic (exact) mass is 283 g/mol. The van der Waals surface area contributed by atoms with Crippen molar-refractivity contribution in [2.45, 2.75) is 53.4 Å². The van der Waals surface area contributed by atoms with Crippen LogP contribution >= 0.6 is 0 Å². The van der Waals surface area contributed by atoms with Crippen LogP contribution in [0.15, 0.2) is 18.2 Å². The largest absolute Gasteiger partial charge is 0.504 e. The van der Waals surface area contributed by atoms with Crippen LogP contribution in [0.4, 0.5) is 0 Å². The number of hydrogen-bond acceptors (Lipinski definition) is 3. The van der Waals surface area contributed by atoms with Crippen molar-refractivity contribution < 1.29 is 14.6 Å². The summed E-state index contributed by atoms with van der Waals surface area (Å²) < 4.78 is 4.89. The maximum absolute atomic E-state index is 9.30. The quantitative estimate of drug-likeness (QED) is 0.885. The predicted octanol–water partition coefficient (Wildman–Crippen LogP) is 3.65. The number of methoxy groups -OCH3 is 1. The Labute approximate surface area is 123 Å². The zero-order chi connectivity index (χ0) is 16.0. The Morgan fingerprint density at radius 3 is 2.00 bits per heavy atom. The Morgan fingerprint density at radius 1 is 1.25 bits per heavy atom. The van der Waals surface area contributed by atoms with Crippen LogP contribution < -0.4 is 10.5 Å². The number of phenols is 1. The number of benzene rings is 1. The van der Waals surface area contributed by atoms with E-state index in [0.717, 1.165) is 12.0 Å². The maximum atomic E-state index is 9.30. The molecule has 0 atom stereocenters. The lowest BCUT2D eigenvalue weighted by Gasteiger charge is -2.03. The first-order chi connectivity index (χ1) is 9.42. The van der Waals surface area contributed by atoms with Gasteiger partial charge in [-0.25, -0.2) is 0 Å². The van der Waals surface area contributed by atoms with Crippen LogP contribution in [0.1, 0.15) is 52.5 Å². The molecule has 4 heteroatoms. The van der Waals surface area contributed by atoms with Crippen LogP contribution in [0.2, 0.25) is 0 Å². The summed E-state index contributed by atoms with van der Waals surface area (Å²) in [6.07, 6.45) is 5.00. The molecule has 20 heavy (non-hydrogen) atoms. The smallest absolute Gasteiger partial charge is 0.214 e. The summed E-state index contributed by atoms with van der Waals surface area (Å²) in [5.41, 5.74) is 5.59. The summed E-state index contributed by atoms with van der Waals surface area (Å²) >= 11 is 0. The predicted molar refractivity (Wildman–Crippen MR) is 84.1 cm³/mol. The molecule has 1 rings (SSSR count). The van der Waals surface area contributed by atoms with E-state index in [2.05, 4.69) is 19.6 Å². The van der Waals surface area contributed by atoms with E-state index in [4.69, 9.17) is 4.74 Å². The van der Waals surface area contributed by atoms with E-state index in [0.29, 0.717) is 5.75 Å². The van der Waals surface area contributed by atoms with E-state index in [9.17, 15) is 9.90 Å². The van der Waals surface area contributed by atoms with Crippen LogP contribution in [0.25, 0.3) is 0 Å². The Kier molecular flexibility index (Phi) is 14.1. The molecular weight excluding hydrogens is 254 g/mol. The summed E-state index contributed by atoms with van der Waals surface area (Å²) in [6, 6.07) is 5.44. The van der Waals surface area contributed by atoms with Gasteiger partial charge in [0.05, 0.1) is 7.11 Å². The van der Waals surface area contributed by atoms with Gasteiger partial charge in [0.25, 0.3) is 0 Å². The molecule has 0 aliphatic heterocycles. The molecule has 1 amide bonds. The van der Waals surface area contributed by atoms with Gasteiger partial charge in [-0.15, -0.1) is 0 Å². The molecule has 4 nitrogen and oxygen atoms in total.